The van der Waals surface area contributed by atoms with Crippen molar-refractivity contribution < 1.29 is 14.0 Å². The third-order valence-electron chi connectivity index (χ3n) is 0.266. The predicted octanol–water partition coefficient (Wildman–Crippen LogP) is -0.582. The van der Waals surface area contributed by atoms with Gasteiger partial charge in [-0.3, -0.25) is 4.79 Å². The molecule has 0 spiro atoms. The van der Waals surface area contributed by atoms with Crippen LogP contribution in [0, 0.1) is 0 Å². The summed E-state index contributed by atoms with van der Waals surface area (Å²) in [5.74, 6) is -1.50. The summed E-state index contributed by atoms with van der Waals surface area (Å²) in [6.07, 6.45) is 0. The van der Waals surface area contributed by atoms with Crippen molar-refractivity contribution in [2.45, 2.75) is 12.9 Å². The molecule has 0 rings (SSSR count). The van der Waals surface area contributed by atoms with Gasteiger partial charge in [0.15, 0.2) is 0 Å². The van der Waals surface area contributed by atoms with Crippen molar-refractivity contribution >= 4 is 5.97 Å². The fourth-order valence-corrected chi connectivity index (χ4v) is 0. The van der Waals surface area contributed by atoms with Crippen LogP contribution in [-0.2, 0) is 4.79 Å². The second kappa shape index (κ2) is 1.77. The lowest BCUT2D eigenvalue weighted by molar-refractivity contribution is -0.138. The van der Waals surface area contributed by atoms with E-state index in [0.717, 1.165) is 0 Å². The first-order valence-corrected chi connectivity index (χ1v) is 1.34. The van der Waals surface area contributed by atoms with Gasteiger partial charge >= 0.3 is 5.97 Å². The molecule has 0 fully saturated rings. The van der Waals surface area contributed by atoms with Gasteiger partial charge in [0.1, 0.15) is 6.04 Å². The third-order valence-corrected chi connectivity index (χ3v) is 0.266. The molecule has 0 aliphatic carbocycles. The molecule has 3 N–H and O–H groups in total. The SMILES string of the molecule is [2H][13C]([2H])([2H])[13CH](N)C(=O)O. The van der Waals surface area contributed by atoms with Crippen LogP contribution in [0.5, 0.6) is 0 Å². The molecular weight excluding hydrogens is 84.0 g/mol. The summed E-state index contributed by atoms with van der Waals surface area (Å²) in [5.41, 5.74) is 4.73. The van der Waals surface area contributed by atoms with Crippen molar-refractivity contribution in [2.24, 2.45) is 5.73 Å². The Morgan fingerprint density at radius 3 is 2.83 bits per heavy atom. The molecule has 0 heterocycles. The second-order valence-electron chi connectivity index (χ2n) is 0.816. The van der Waals surface area contributed by atoms with Gasteiger partial charge in [0.25, 0.3) is 0 Å². The zero-order valence-corrected chi connectivity index (χ0v) is 3.01. The molecule has 0 radical (unpaired) electrons. The minimum atomic E-state index is -2.59. The zero-order chi connectivity index (χ0) is 7.65. The maximum atomic E-state index is 9.86. The van der Waals surface area contributed by atoms with E-state index in [4.69, 9.17) is 15.0 Å². The molecular formula is C3H7NO2. The average molecular weight is 94.1 g/mol. The Labute approximate surface area is 40.0 Å². The van der Waals surface area contributed by atoms with Gasteiger partial charge in [-0.05, 0) is 6.85 Å². The third kappa shape index (κ3) is 1.72. The van der Waals surface area contributed by atoms with Crippen molar-refractivity contribution in [3.05, 3.63) is 0 Å². The van der Waals surface area contributed by atoms with Gasteiger partial charge in [-0.25, -0.2) is 0 Å². The molecule has 36 valence electrons. The van der Waals surface area contributed by atoms with E-state index in [1.165, 1.54) is 0 Å². The fourth-order valence-electron chi connectivity index (χ4n) is 0. The Morgan fingerprint density at radius 1 is 2.33 bits per heavy atom. The summed E-state index contributed by atoms with van der Waals surface area (Å²) in [5, 5.41) is 8.03. The topological polar surface area (TPSA) is 63.3 Å². The van der Waals surface area contributed by atoms with E-state index in [1.807, 2.05) is 0 Å². The summed E-state index contributed by atoms with van der Waals surface area (Å²) in [6, 6.07) is -1.77. The van der Waals surface area contributed by atoms with Gasteiger partial charge in [0.05, 0.1) is 0 Å². The molecule has 3 heteroatoms. The molecule has 0 aromatic heterocycles. The lowest BCUT2D eigenvalue weighted by Gasteiger charge is -1.90. The van der Waals surface area contributed by atoms with Gasteiger partial charge in [-0.2, -0.15) is 0 Å². The summed E-state index contributed by atoms with van der Waals surface area (Å²) >= 11 is 0. The molecule has 0 aromatic carbocycles. The zero-order valence-electron chi connectivity index (χ0n) is 6.01. The maximum Gasteiger partial charge on any atom is 0.320 e. The van der Waals surface area contributed by atoms with Crippen LogP contribution >= 0.6 is 0 Å². The van der Waals surface area contributed by atoms with Crippen molar-refractivity contribution in [3.8, 4) is 0 Å². The van der Waals surface area contributed by atoms with Crippen LogP contribution in [0.4, 0.5) is 0 Å². The molecule has 0 saturated carbocycles. The molecule has 3 nitrogen and oxygen atoms in total. The van der Waals surface area contributed by atoms with Crippen LogP contribution in [0.15, 0.2) is 0 Å². The molecule has 1 unspecified atom stereocenters. The monoisotopic (exact) mass is 94.1 g/mol. The van der Waals surface area contributed by atoms with E-state index >= 15 is 0 Å². The number of carboxylic acid groups (broad SMARTS) is 1. The van der Waals surface area contributed by atoms with E-state index in [2.05, 4.69) is 0 Å². The van der Waals surface area contributed by atoms with Gasteiger partial charge in [0, 0.05) is 4.11 Å². The first-order valence-electron chi connectivity index (χ1n) is 2.84. The van der Waals surface area contributed by atoms with Crippen LogP contribution in [0.3, 0.4) is 0 Å². The highest BCUT2D eigenvalue weighted by molar-refractivity contribution is 5.72. The van der Waals surface area contributed by atoms with E-state index in [1.54, 1.807) is 0 Å². The molecule has 0 aromatic rings. The Hall–Kier alpha value is -0.570. The van der Waals surface area contributed by atoms with Crippen LogP contribution < -0.4 is 5.73 Å². The summed E-state index contributed by atoms with van der Waals surface area (Å²) in [6.45, 7) is -2.59. The van der Waals surface area contributed by atoms with Crippen LogP contribution in [0.25, 0.3) is 0 Å². The van der Waals surface area contributed by atoms with Gasteiger partial charge < -0.3 is 10.8 Å². The van der Waals surface area contributed by atoms with Gasteiger partial charge in [-0.1, -0.05) is 0 Å². The number of aliphatic carboxylic acids is 1. The quantitative estimate of drug-likeness (QED) is 0.427. The Kier molecular flexibility index (Phi) is 0.569. The van der Waals surface area contributed by atoms with Crippen molar-refractivity contribution in [3.63, 3.8) is 0 Å². The minimum absolute atomic E-state index is 1.50. The first kappa shape index (κ1) is 1.93. The standard InChI is InChI=1S/C3H7NO2/c1-2(4)3(5)6/h2H,4H2,1H3,(H,5,6)/i1+1D3,2+1. The molecule has 0 bridgehead atoms. The second-order valence-corrected chi connectivity index (χ2v) is 0.816. The Bertz CT molecular complexity index is 121. The maximum absolute atomic E-state index is 9.86. The number of nitrogens with two attached hydrogens (primary N) is 1. The summed E-state index contributed by atoms with van der Waals surface area (Å²) < 4.78 is 19.5. The van der Waals surface area contributed by atoms with Crippen LogP contribution in [-0.4, -0.2) is 17.1 Å². The smallest absolute Gasteiger partial charge is 0.320 e. The first-order chi connectivity index (χ1) is 3.85. The number of carboxylic acids is 1. The molecule has 0 saturated heterocycles. The highest BCUT2D eigenvalue weighted by Crippen LogP contribution is 1.68. The molecule has 1 atom stereocenters. The number of hydrogen-bond acceptors (Lipinski definition) is 2. The molecule has 0 aliphatic rings. The van der Waals surface area contributed by atoms with Crippen molar-refractivity contribution in [1.29, 1.82) is 0 Å². The number of carbonyl (C=O) groups is 1. The fraction of sp³-hybridized carbons (Fsp3) is 0.667. The van der Waals surface area contributed by atoms with Crippen molar-refractivity contribution in [1.82, 2.24) is 0 Å². The molecule has 6 heavy (non-hydrogen) atoms. The summed E-state index contributed by atoms with van der Waals surface area (Å²) in [4.78, 5) is 9.86. The van der Waals surface area contributed by atoms with E-state index in [9.17, 15) is 4.79 Å². The van der Waals surface area contributed by atoms with Crippen LogP contribution in [0.1, 0.15) is 11.0 Å². The lowest BCUT2D eigenvalue weighted by atomic mass is 10.9. The molecule has 0 aliphatic heterocycles. The normalized spacial score (nSPS) is 23.2. The van der Waals surface area contributed by atoms with Gasteiger partial charge in [-0.15, -0.1) is 0 Å². The van der Waals surface area contributed by atoms with Crippen molar-refractivity contribution in [2.75, 3.05) is 0 Å². The van der Waals surface area contributed by atoms with E-state index in [0.29, 0.717) is 0 Å². The Balaban J connectivity index is 4.04. The number of rotatable bonds is 1. The van der Waals surface area contributed by atoms with Gasteiger partial charge in [0.2, 0.25) is 0 Å². The van der Waals surface area contributed by atoms with Crippen LogP contribution in [0.2, 0.25) is 0 Å². The van der Waals surface area contributed by atoms with E-state index in [-0.39, 0.29) is 0 Å². The van der Waals surface area contributed by atoms with E-state index < -0.39 is 18.9 Å². The largest absolute Gasteiger partial charge is 0.480 e. The highest BCUT2D eigenvalue weighted by Gasteiger charge is 1.99. The average Bonchev–Trinajstić information content (AvgIpc) is 1.62. The lowest BCUT2D eigenvalue weighted by Crippen LogP contribution is -2.25. The predicted molar refractivity (Wildman–Crippen MR) is 21.3 cm³/mol. The Morgan fingerprint density at radius 2 is 2.83 bits per heavy atom. The number of hydrogen-bond donors (Lipinski definition) is 2. The molecule has 0 amide bonds. The summed E-state index contributed by atoms with van der Waals surface area (Å²) in [7, 11) is 0. The minimum Gasteiger partial charge on any atom is -0.480 e. The highest BCUT2D eigenvalue weighted by atomic mass is 16.4.